The number of aryl methyl sites for hydroxylation is 1. The molecular weight excluding hydrogens is 386 g/mol. The lowest BCUT2D eigenvalue weighted by atomic mass is 10.2. The Morgan fingerprint density at radius 2 is 1.79 bits per heavy atom. The van der Waals surface area contributed by atoms with Gasteiger partial charge in [-0.2, -0.15) is 8.42 Å². The molecule has 0 unspecified atom stereocenters. The van der Waals surface area contributed by atoms with Crippen LogP contribution in [0, 0.1) is 6.92 Å². The smallest absolute Gasteiger partial charge is 0.411 e. The van der Waals surface area contributed by atoms with E-state index in [0.717, 1.165) is 5.56 Å². The molecule has 28 heavy (non-hydrogen) atoms. The second-order valence-corrected chi connectivity index (χ2v) is 9.19. The summed E-state index contributed by atoms with van der Waals surface area (Å²) in [5.41, 5.74) is 0.154. The largest absolute Gasteiger partial charge is 0.464 e. The van der Waals surface area contributed by atoms with Crippen molar-refractivity contribution >= 4 is 22.2 Å². The Kier molecular flexibility index (Phi) is 6.71. The van der Waals surface area contributed by atoms with Crippen molar-refractivity contribution in [2.45, 2.75) is 63.7 Å². The predicted molar refractivity (Wildman–Crippen MR) is 101 cm³/mol. The molecular formula is C19H27NO7S. The van der Waals surface area contributed by atoms with Crippen LogP contribution < -0.4 is 0 Å². The third-order valence-corrected chi connectivity index (χ3v) is 5.40. The van der Waals surface area contributed by atoms with Gasteiger partial charge in [-0.05, 0) is 46.8 Å². The van der Waals surface area contributed by atoms with Crippen molar-refractivity contribution in [3.63, 3.8) is 0 Å². The van der Waals surface area contributed by atoms with E-state index in [1.165, 1.54) is 17.0 Å². The van der Waals surface area contributed by atoms with Gasteiger partial charge >= 0.3 is 12.1 Å². The minimum Gasteiger partial charge on any atom is -0.464 e. The van der Waals surface area contributed by atoms with Gasteiger partial charge in [0.25, 0.3) is 10.1 Å². The minimum atomic E-state index is -4.04. The number of benzene rings is 1. The Bertz CT molecular complexity index is 812. The third-order valence-electron chi connectivity index (χ3n) is 4.02. The molecule has 8 nitrogen and oxygen atoms in total. The number of likely N-dealkylation sites (tertiary alicyclic amines) is 1. The number of amides is 1. The Balaban J connectivity index is 2.19. The van der Waals surface area contributed by atoms with Gasteiger partial charge in [0.15, 0.2) is 0 Å². The van der Waals surface area contributed by atoms with Crippen LogP contribution in [0.25, 0.3) is 0 Å². The molecule has 2 atom stereocenters. The normalized spacial score (nSPS) is 20.1. The van der Waals surface area contributed by atoms with E-state index in [1.54, 1.807) is 39.8 Å². The first-order valence-corrected chi connectivity index (χ1v) is 10.5. The number of hydrogen-bond acceptors (Lipinski definition) is 7. The molecule has 1 aliphatic heterocycles. The molecule has 0 saturated carbocycles. The van der Waals surface area contributed by atoms with Crippen LogP contribution in [0.5, 0.6) is 0 Å². The fourth-order valence-corrected chi connectivity index (χ4v) is 3.87. The van der Waals surface area contributed by atoms with Gasteiger partial charge in [0.2, 0.25) is 0 Å². The van der Waals surface area contributed by atoms with Crippen molar-refractivity contribution in [3.05, 3.63) is 29.8 Å². The third kappa shape index (κ3) is 5.68. The van der Waals surface area contributed by atoms with Gasteiger partial charge < -0.3 is 9.47 Å². The summed E-state index contributed by atoms with van der Waals surface area (Å²) in [6.45, 7) is 8.66. The molecule has 1 aromatic carbocycles. The first-order valence-electron chi connectivity index (χ1n) is 9.09. The fraction of sp³-hybridized carbons (Fsp3) is 0.579. The standard InChI is InChI=1S/C19H27NO7S/c1-6-25-17(21)16-11-14(12-20(16)18(22)26-19(3,4)5)27-28(23,24)15-9-7-13(2)8-10-15/h7-10,14,16H,6,11-12H2,1-5H3/t14-,16+/m1/s1. The molecule has 0 aliphatic carbocycles. The second-order valence-electron chi connectivity index (χ2n) is 7.62. The zero-order valence-corrected chi connectivity index (χ0v) is 17.6. The first kappa shape index (κ1) is 22.2. The van der Waals surface area contributed by atoms with Gasteiger partial charge in [-0.3, -0.25) is 9.08 Å². The Morgan fingerprint density at radius 3 is 2.32 bits per heavy atom. The maximum Gasteiger partial charge on any atom is 0.411 e. The van der Waals surface area contributed by atoms with Gasteiger partial charge in [-0.25, -0.2) is 9.59 Å². The highest BCUT2D eigenvalue weighted by Crippen LogP contribution is 2.27. The molecule has 0 spiro atoms. The lowest BCUT2D eigenvalue weighted by molar-refractivity contribution is -0.148. The minimum absolute atomic E-state index is 0.00314. The van der Waals surface area contributed by atoms with Crippen molar-refractivity contribution in [3.8, 4) is 0 Å². The van der Waals surface area contributed by atoms with Gasteiger partial charge in [0, 0.05) is 6.42 Å². The van der Waals surface area contributed by atoms with Crippen LogP contribution in [-0.4, -0.2) is 56.3 Å². The average molecular weight is 413 g/mol. The summed E-state index contributed by atoms with van der Waals surface area (Å²) in [4.78, 5) is 25.9. The van der Waals surface area contributed by atoms with E-state index in [-0.39, 0.29) is 24.5 Å². The summed E-state index contributed by atoms with van der Waals surface area (Å²) >= 11 is 0. The zero-order chi connectivity index (χ0) is 21.1. The number of esters is 1. The summed E-state index contributed by atoms with van der Waals surface area (Å²) in [5, 5.41) is 0. The molecule has 1 heterocycles. The van der Waals surface area contributed by atoms with Gasteiger partial charge in [-0.1, -0.05) is 17.7 Å². The van der Waals surface area contributed by atoms with E-state index in [9.17, 15) is 18.0 Å². The molecule has 2 rings (SSSR count). The number of carbonyl (C=O) groups excluding carboxylic acids is 2. The van der Waals surface area contributed by atoms with Crippen LogP contribution in [0.4, 0.5) is 4.79 Å². The lowest BCUT2D eigenvalue weighted by Crippen LogP contribution is -2.44. The predicted octanol–water partition coefficient (Wildman–Crippen LogP) is 2.64. The van der Waals surface area contributed by atoms with Crippen molar-refractivity contribution < 1.29 is 31.7 Å². The fourth-order valence-electron chi connectivity index (χ4n) is 2.79. The summed E-state index contributed by atoms with van der Waals surface area (Å²) < 4.78 is 40.7. The van der Waals surface area contributed by atoms with Crippen LogP contribution in [-0.2, 0) is 28.6 Å². The van der Waals surface area contributed by atoms with Crippen molar-refractivity contribution in [1.29, 1.82) is 0 Å². The number of nitrogens with zero attached hydrogens (tertiary/aromatic N) is 1. The van der Waals surface area contributed by atoms with Crippen molar-refractivity contribution in [2.24, 2.45) is 0 Å². The van der Waals surface area contributed by atoms with Crippen LogP contribution in [0.15, 0.2) is 29.2 Å². The molecule has 0 aromatic heterocycles. The van der Waals surface area contributed by atoms with Gasteiger partial charge in [0.1, 0.15) is 11.6 Å². The quantitative estimate of drug-likeness (QED) is 0.540. The highest BCUT2D eigenvalue weighted by atomic mass is 32.2. The molecule has 1 saturated heterocycles. The second kappa shape index (κ2) is 8.48. The summed E-state index contributed by atoms with van der Waals surface area (Å²) in [6, 6.07) is 5.27. The summed E-state index contributed by atoms with van der Waals surface area (Å²) in [5.74, 6) is -0.618. The molecule has 1 aromatic rings. The number of hydrogen-bond donors (Lipinski definition) is 0. The van der Waals surface area contributed by atoms with Crippen LogP contribution in [0.1, 0.15) is 39.7 Å². The molecule has 0 radical (unpaired) electrons. The van der Waals surface area contributed by atoms with E-state index >= 15 is 0 Å². The lowest BCUT2D eigenvalue weighted by Gasteiger charge is -2.27. The Morgan fingerprint density at radius 1 is 1.18 bits per heavy atom. The summed E-state index contributed by atoms with van der Waals surface area (Å²) in [7, 11) is -4.04. The molecule has 156 valence electrons. The molecule has 1 amide bonds. The van der Waals surface area contributed by atoms with Crippen LogP contribution in [0.3, 0.4) is 0 Å². The number of rotatable bonds is 5. The van der Waals surface area contributed by atoms with Crippen molar-refractivity contribution in [2.75, 3.05) is 13.2 Å². The maximum absolute atomic E-state index is 12.5. The van der Waals surface area contributed by atoms with E-state index in [4.69, 9.17) is 13.7 Å². The van der Waals surface area contributed by atoms with E-state index < -0.39 is 39.9 Å². The van der Waals surface area contributed by atoms with Crippen molar-refractivity contribution in [1.82, 2.24) is 4.90 Å². The number of ether oxygens (including phenoxy) is 2. The molecule has 9 heteroatoms. The van der Waals surface area contributed by atoms with E-state index in [2.05, 4.69) is 0 Å². The topological polar surface area (TPSA) is 99.2 Å². The van der Waals surface area contributed by atoms with Crippen LogP contribution in [0.2, 0.25) is 0 Å². The molecule has 0 bridgehead atoms. The number of carbonyl (C=O) groups is 2. The van der Waals surface area contributed by atoms with Gasteiger partial charge in [-0.15, -0.1) is 0 Å². The maximum atomic E-state index is 12.5. The first-order chi connectivity index (χ1) is 12.9. The molecule has 0 N–H and O–H groups in total. The highest BCUT2D eigenvalue weighted by Gasteiger charge is 2.44. The highest BCUT2D eigenvalue weighted by molar-refractivity contribution is 7.86. The van der Waals surface area contributed by atoms with Gasteiger partial charge in [0.05, 0.1) is 24.2 Å². The van der Waals surface area contributed by atoms with E-state index in [1.807, 2.05) is 6.92 Å². The van der Waals surface area contributed by atoms with E-state index in [0.29, 0.717) is 0 Å². The molecule has 1 fully saturated rings. The summed E-state index contributed by atoms with van der Waals surface area (Å²) in [6.07, 6.45) is -1.60. The molecule has 1 aliphatic rings. The van der Waals surface area contributed by atoms with Crippen LogP contribution >= 0.6 is 0 Å². The Labute approximate surface area is 165 Å². The SMILES string of the molecule is CCOC(=O)[C@@H]1C[C@@H](OS(=O)(=O)c2ccc(C)cc2)CN1C(=O)OC(C)(C)C. The Hall–Kier alpha value is -2.13. The zero-order valence-electron chi connectivity index (χ0n) is 16.8. The average Bonchev–Trinajstić information content (AvgIpc) is 2.97. The monoisotopic (exact) mass is 413 g/mol.